The molecule has 16 heavy (non-hydrogen) atoms. The molecular formula is C10H15N3O3. The van der Waals surface area contributed by atoms with E-state index in [2.05, 4.69) is 10.4 Å². The van der Waals surface area contributed by atoms with Crippen molar-refractivity contribution in [1.29, 1.82) is 0 Å². The molecule has 1 saturated heterocycles. The fourth-order valence-corrected chi connectivity index (χ4v) is 1.25. The van der Waals surface area contributed by atoms with Crippen molar-refractivity contribution in [3.8, 4) is 0 Å². The van der Waals surface area contributed by atoms with Gasteiger partial charge in [-0.2, -0.15) is 5.10 Å². The standard InChI is InChI=1S/C8H9N3O3.C2H6/c1-5-2-9-11(3-5)4-6-7(12)10-8(13)14-6;1-2/h2-3,6H,4H2,1H3,(H,10,12,13);1-2H3. The monoisotopic (exact) mass is 225 g/mol. The number of aryl methyl sites for hydroxylation is 1. The molecule has 1 aromatic heterocycles. The van der Waals surface area contributed by atoms with Crippen molar-refractivity contribution < 1.29 is 14.3 Å². The Kier molecular flexibility index (Phi) is 4.04. The van der Waals surface area contributed by atoms with Gasteiger partial charge < -0.3 is 4.74 Å². The number of imide groups is 1. The van der Waals surface area contributed by atoms with Gasteiger partial charge >= 0.3 is 6.09 Å². The van der Waals surface area contributed by atoms with Crippen LogP contribution in [0.4, 0.5) is 4.79 Å². The molecule has 0 saturated carbocycles. The molecule has 2 amide bonds. The quantitative estimate of drug-likeness (QED) is 0.809. The van der Waals surface area contributed by atoms with E-state index in [-0.39, 0.29) is 6.54 Å². The molecule has 1 fully saturated rings. The van der Waals surface area contributed by atoms with Gasteiger partial charge in [0.15, 0.2) is 0 Å². The van der Waals surface area contributed by atoms with Gasteiger partial charge in [-0.3, -0.25) is 14.8 Å². The van der Waals surface area contributed by atoms with Gasteiger partial charge in [-0.05, 0) is 12.5 Å². The summed E-state index contributed by atoms with van der Waals surface area (Å²) < 4.78 is 6.29. The highest BCUT2D eigenvalue weighted by molar-refractivity contribution is 5.99. The number of hydrogen-bond acceptors (Lipinski definition) is 4. The summed E-state index contributed by atoms with van der Waals surface area (Å²) in [6.07, 6.45) is 2.00. The molecule has 0 bridgehead atoms. The van der Waals surface area contributed by atoms with Crippen LogP contribution >= 0.6 is 0 Å². The zero-order chi connectivity index (χ0) is 12.1. The van der Waals surface area contributed by atoms with E-state index in [0.29, 0.717) is 0 Å². The first-order valence-corrected chi connectivity index (χ1v) is 5.15. The Hall–Kier alpha value is -1.85. The summed E-state index contributed by atoms with van der Waals surface area (Å²) in [4.78, 5) is 21.8. The molecular weight excluding hydrogens is 210 g/mol. The molecule has 2 heterocycles. The molecule has 2 rings (SSSR count). The predicted octanol–water partition coefficient (Wildman–Crippen LogP) is 0.853. The van der Waals surface area contributed by atoms with E-state index in [0.717, 1.165) is 5.56 Å². The molecule has 6 heteroatoms. The Bertz CT molecular complexity index is 386. The van der Waals surface area contributed by atoms with E-state index in [9.17, 15) is 9.59 Å². The number of nitrogens with zero attached hydrogens (tertiary/aromatic N) is 2. The molecule has 1 atom stereocenters. The number of ether oxygens (including phenoxy) is 1. The Morgan fingerprint density at radius 3 is 2.62 bits per heavy atom. The smallest absolute Gasteiger partial charge is 0.414 e. The highest BCUT2D eigenvalue weighted by Crippen LogP contribution is 2.05. The second-order valence-electron chi connectivity index (χ2n) is 3.12. The Morgan fingerprint density at radius 1 is 1.50 bits per heavy atom. The van der Waals surface area contributed by atoms with E-state index in [1.165, 1.54) is 0 Å². The predicted molar refractivity (Wildman–Crippen MR) is 56.7 cm³/mol. The second kappa shape index (κ2) is 5.29. The minimum Gasteiger partial charge on any atom is -0.434 e. The van der Waals surface area contributed by atoms with Gasteiger partial charge in [0.05, 0.1) is 12.7 Å². The zero-order valence-electron chi connectivity index (χ0n) is 9.56. The van der Waals surface area contributed by atoms with E-state index in [4.69, 9.17) is 4.74 Å². The first-order chi connectivity index (χ1) is 7.65. The lowest BCUT2D eigenvalue weighted by Crippen LogP contribution is -2.28. The maximum absolute atomic E-state index is 11.1. The molecule has 0 spiro atoms. The summed E-state index contributed by atoms with van der Waals surface area (Å²) in [5.74, 6) is -0.414. The number of carbonyl (C=O) groups is 2. The number of alkyl carbamates (subject to hydrolysis) is 1. The molecule has 88 valence electrons. The average molecular weight is 225 g/mol. The van der Waals surface area contributed by atoms with Gasteiger partial charge in [0.1, 0.15) is 0 Å². The fraction of sp³-hybridized carbons (Fsp3) is 0.500. The molecule has 1 unspecified atom stereocenters. The third kappa shape index (κ3) is 2.82. The third-order valence-electron chi connectivity index (χ3n) is 1.88. The first-order valence-electron chi connectivity index (χ1n) is 5.15. The minimum atomic E-state index is -0.762. The summed E-state index contributed by atoms with van der Waals surface area (Å²) >= 11 is 0. The second-order valence-corrected chi connectivity index (χ2v) is 3.12. The number of cyclic esters (lactones) is 1. The number of hydrogen-bond donors (Lipinski definition) is 1. The van der Waals surface area contributed by atoms with Crippen LogP contribution in [0.15, 0.2) is 12.4 Å². The summed E-state index contributed by atoms with van der Waals surface area (Å²) in [5.41, 5.74) is 0.995. The average Bonchev–Trinajstić information content (AvgIpc) is 2.78. The van der Waals surface area contributed by atoms with Gasteiger partial charge in [0.25, 0.3) is 5.91 Å². The molecule has 0 aromatic carbocycles. The van der Waals surface area contributed by atoms with Crippen molar-refractivity contribution in [1.82, 2.24) is 15.1 Å². The van der Waals surface area contributed by atoms with Crippen molar-refractivity contribution in [3.63, 3.8) is 0 Å². The number of carbonyl (C=O) groups excluding carboxylic acids is 2. The molecule has 0 aliphatic carbocycles. The Balaban J connectivity index is 0.000000606. The SMILES string of the molecule is CC.Cc1cnn(CC2OC(=O)NC2=O)c1. The van der Waals surface area contributed by atoms with E-state index in [1.54, 1.807) is 17.1 Å². The van der Waals surface area contributed by atoms with E-state index in [1.807, 2.05) is 20.8 Å². The van der Waals surface area contributed by atoms with Crippen LogP contribution in [0.1, 0.15) is 19.4 Å². The molecule has 1 aliphatic rings. The third-order valence-corrected chi connectivity index (χ3v) is 1.88. The van der Waals surface area contributed by atoms with Crippen molar-refractivity contribution in [2.75, 3.05) is 0 Å². The van der Waals surface area contributed by atoms with Gasteiger partial charge in [-0.1, -0.05) is 13.8 Å². The van der Waals surface area contributed by atoms with Crippen LogP contribution in [0.3, 0.4) is 0 Å². The molecule has 6 nitrogen and oxygen atoms in total. The lowest BCUT2D eigenvalue weighted by atomic mass is 10.3. The summed E-state index contributed by atoms with van der Waals surface area (Å²) in [6, 6.07) is 0. The molecule has 1 aromatic rings. The van der Waals surface area contributed by atoms with Crippen molar-refractivity contribution in [3.05, 3.63) is 18.0 Å². The number of amides is 2. The highest BCUT2D eigenvalue weighted by Gasteiger charge is 2.32. The zero-order valence-corrected chi connectivity index (χ0v) is 9.56. The lowest BCUT2D eigenvalue weighted by molar-refractivity contribution is -0.124. The van der Waals surface area contributed by atoms with Crippen molar-refractivity contribution >= 4 is 12.0 Å². The van der Waals surface area contributed by atoms with Gasteiger partial charge in [-0.25, -0.2) is 4.79 Å². The van der Waals surface area contributed by atoms with Gasteiger partial charge in [0.2, 0.25) is 6.10 Å². The van der Waals surface area contributed by atoms with E-state index < -0.39 is 18.1 Å². The summed E-state index contributed by atoms with van der Waals surface area (Å²) in [5, 5.41) is 6.04. The van der Waals surface area contributed by atoms with Crippen LogP contribution in [-0.4, -0.2) is 27.9 Å². The number of nitrogens with one attached hydrogen (secondary N) is 1. The van der Waals surface area contributed by atoms with E-state index >= 15 is 0 Å². The molecule has 0 radical (unpaired) electrons. The highest BCUT2D eigenvalue weighted by atomic mass is 16.6. The number of aromatic nitrogens is 2. The van der Waals surface area contributed by atoms with Crippen LogP contribution < -0.4 is 5.32 Å². The first kappa shape index (κ1) is 12.2. The lowest BCUT2D eigenvalue weighted by Gasteiger charge is -2.05. The van der Waals surface area contributed by atoms with Crippen molar-refractivity contribution in [2.45, 2.75) is 33.4 Å². The number of rotatable bonds is 2. The van der Waals surface area contributed by atoms with Gasteiger partial charge in [-0.15, -0.1) is 0 Å². The summed E-state index contributed by atoms with van der Waals surface area (Å²) in [7, 11) is 0. The van der Waals surface area contributed by atoms with Crippen LogP contribution in [0.5, 0.6) is 0 Å². The van der Waals surface area contributed by atoms with Crippen LogP contribution in [-0.2, 0) is 16.1 Å². The normalized spacial score (nSPS) is 18.6. The minimum absolute atomic E-state index is 0.255. The van der Waals surface area contributed by atoms with Crippen LogP contribution in [0, 0.1) is 6.92 Å². The van der Waals surface area contributed by atoms with Gasteiger partial charge in [0, 0.05) is 6.20 Å². The Morgan fingerprint density at radius 2 is 2.19 bits per heavy atom. The fourth-order valence-electron chi connectivity index (χ4n) is 1.25. The largest absolute Gasteiger partial charge is 0.434 e. The summed E-state index contributed by atoms with van der Waals surface area (Å²) in [6.45, 7) is 6.15. The van der Waals surface area contributed by atoms with Crippen LogP contribution in [0.25, 0.3) is 0 Å². The maximum atomic E-state index is 11.1. The topological polar surface area (TPSA) is 73.2 Å². The van der Waals surface area contributed by atoms with Crippen LogP contribution in [0.2, 0.25) is 0 Å². The molecule has 1 aliphatic heterocycles. The van der Waals surface area contributed by atoms with Crippen molar-refractivity contribution in [2.24, 2.45) is 0 Å². The molecule has 1 N–H and O–H groups in total. The maximum Gasteiger partial charge on any atom is 0.414 e. The Labute approximate surface area is 93.6 Å².